The van der Waals surface area contributed by atoms with Crippen LogP contribution in [0.3, 0.4) is 0 Å². The predicted molar refractivity (Wildman–Crippen MR) is 71.3 cm³/mol. The van der Waals surface area contributed by atoms with Gasteiger partial charge in [0.15, 0.2) is 0 Å². The molecule has 0 aliphatic carbocycles. The molecule has 0 spiro atoms. The van der Waals surface area contributed by atoms with Gasteiger partial charge in [-0.05, 0) is 38.6 Å². The van der Waals surface area contributed by atoms with Gasteiger partial charge in [-0.25, -0.2) is 0 Å². The minimum atomic E-state index is 0.517. The molecule has 3 nitrogen and oxygen atoms in total. The molecule has 0 saturated heterocycles. The van der Waals surface area contributed by atoms with Crippen LogP contribution in [-0.2, 0) is 6.42 Å². The van der Waals surface area contributed by atoms with E-state index < -0.39 is 0 Å². The quantitative estimate of drug-likeness (QED) is 0.854. The molecule has 1 aromatic heterocycles. The molecule has 1 rings (SSSR count). The molecule has 2 unspecified atom stereocenters. The average molecular weight is 236 g/mol. The van der Waals surface area contributed by atoms with Gasteiger partial charge in [0, 0.05) is 23.0 Å². The fraction of sp³-hybridized carbons (Fsp3) is 0.643. The highest BCUT2D eigenvalue weighted by Gasteiger charge is 2.15. The van der Waals surface area contributed by atoms with Crippen molar-refractivity contribution in [3.8, 4) is 5.75 Å². The molecule has 0 amide bonds. The lowest BCUT2D eigenvalue weighted by Gasteiger charge is -2.19. The van der Waals surface area contributed by atoms with Crippen molar-refractivity contribution in [3.05, 3.63) is 23.0 Å². The van der Waals surface area contributed by atoms with Crippen molar-refractivity contribution in [2.45, 2.75) is 34.1 Å². The Balaban J connectivity index is 2.92. The van der Waals surface area contributed by atoms with Crippen molar-refractivity contribution in [3.63, 3.8) is 0 Å². The second-order valence-electron chi connectivity index (χ2n) is 4.94. The second-order valence-corrected chi connectivity index (χ2v) is 4.94. The standard InChI is InChI=1S/C14H24N2O/c1-9(10(2)7-15)6-13-12(4)14(17-5)11(3)8-16-13/h8-10H,6-7,15H2,1-5H3. The Kier molecular flexibility index (Phi) is 4.94. The van der Waals surface area contributed by atoms with Gasteiger partial charge in [0.25, 0.3) is 0 Å². The summed E-state index contributed by atoms with van der Waals surface area (Å²) in [5, 5.41) is 0. The zero-order valence-corrected chi connectivity index (χ0v) is 11.6. The number of pyridine rings is 1. The number of ether oxygens (including phenoxy) is 1. The number of nitrogens with two attached hydrogens (primary N) is 1. The SMILES string of the molecule is COc1c(C)cnc(CC(C)C(C)CN)c1C. The monoisotopic (exact) mass is 236 g/mol. The first-order valence-electron chi connectivity index (χ1n) is 6.20. The van der Waals surface area contributed by atoms with Gasteiger partial charge in [-0.15, -0.1) is 0 Å². The Bertz CT molecular complexity index is 377. The summed E-state index contributed by atoms with van der Waals surface area (Å²) in [6.07, 6.45) is 2.85. The molecule has 2 N–H and O–H groups in total. The Morgan fingerprint density at radius 2 is 1.94 bits per heavy atom. The topological polar surface area (TPSA) is 48.1 Å². The van der Waals surface area contributed by atoms with Crippen LogP contribution in [0.4, 0.5) is 0 Å². The van der Waals surface area contributed by atoms with Gasteiger partial charge in [-0.1, -0.05) is 13.8 Å². The molecule has 0 aromatic carbocycles. The van der Waals surface area contributed by atoms with Gasteiger partial charge in [0.05, 0.1) is 7.11 Å². The van der Waals surface area contributed by atoms with Gasteiger partial charge in [0.1, 0.15) is 5.75 Å². The fourth-order valence-electron chi connectivity index (χ4n) is 2.02. The molecule has 3 heteroatoms. The lowest BCUT2D eigenvalue weighted by molar-refractivity contribution is 0.385. The predicted octanol–water partition coefficient (Wildman–Crippen LogP) is 2.48. The highest BCUT2D eigenvalue weighted by molar-refractivity contribution is 5.41. The maximum absolute atomic E-state index is 5.70. The van der Waals surface area contributed by atoms with Crippen LogP contribution in [0.25, 0.3) is 0 Å². The molecule has 96 valence electrons. The van der Waals surface area contributed by atoms with E-state index in [1.807, 2.05) is 13.1 Å². The normalized spacial score (nSPS) is 14.5. The van der Waals surface area contributed by atoms with Gasteiger partial charge in [-0.3, -0.25) is 4.98 Å². The van der Waals surface area contributed by atoms with Crippen LogP contribution in [0, 0.1) is 25.7 Å². The average Bonchev–Trinajstić information content (AvgIpc) is 2.32. The number of aromatic nitrogens is 1. The minimum absolute atomic E-state index is 0.517. The van der Waals surface area contributed by atoms with Crippen LogP contribution in [0.5, 0.6) is 5.75 Å². The zero-order chi connectivity index (χ0) is 13.0. The maximum Gasteiger partial charge on any atom is 0.128 e. The highest BCUT2D eigenvalue weighted by Crippen LogP contribution is 2.26. The molecule has 1 heterocycles. The first-order valence-corrected chi connectivity index (χ1v) is 6.20. The maximum atomic E-state index is 5.70. The Hall–Kier alpha value is -1.09. The Labute approximate surface area is 104 Å². The molecule has 0 radical (unpaired) electrons. The summed E-state index contributed by atoms with van der Waals surface area (Å²) in [7, 11) is 1.71. The largest absolute Gasteiger partial charge is 0.496 e. The van der Waals surface area contributed by atoms with Crippen LogP contribution >= 0.6 is 0 Å². The van der Waals surface area contributed by atoms with E-state index in [1.54, 1.807) is 7.11 Å². The van der Waals surface area contributed by atoms with Crippen molar-refractivity contribution in [2.75, 3.05) is 13.7 Å². The van der Waals surface area contributed by atoms with Gasteiger partial charge in [-0.2, -0.15) is 0 Å². The Morgan fingerprint density at radius 3 is 2.47 bits per heavy atom. The number of hydrogen-bond acceptors (Lipinski definition) is 3. The first kappa shape index (κ1) is 14.0. The number of hydrogen-bond donors (Lipinski definition) is 1. The first-order chi connectivity index (χ1) is 8.01. The molecule has 0 saturated carbocycles. The third kappa shape index (κ3) is 3.19. The van der Waals surface area contributed by atoms with Gasteiger partial charge < -0.3 is 10.5 Å². The molecule has 2 atom stereocenters. The molecule has 0 fully saturated rings. The van der Waals surface area contributed by atoms with Crippen molar-refractivity contribution < 1.29 is 4.74 Å². The van der Waals surface area contributed by atoms with Crippen LogP contribution < -0.4 is 10.5 Å². The van der Waals surface area contributed by atoms with E-state index in [0.29, 0.717) is 11.8 Å². The van der Waals surface area contributed by atoms with Crippen LogP contribution in [0.2, 0.25) is 0 Å². The summed E-state index contributed by atoms with van der Waals surface area (Å²) in [6.45, 7) is 9.24. The molecule has 0 aliphatic rings. The van der Waals surface area contributed by atoms with E-state index in [4.69, 9.17) is 10.5 Å². The number of aryl methyl sites for hydroxylation is 1. The zero-order valence-electron chi connectivity index (χ0n) is 11.6. The summed E-state index contributed by atoms with van der Waals surface area (Å²) in [6, 6.07) is 0. The van der Waals surface area contributed by atoms with Crippen molar-refractivity contribution in [1.82, 2.24) is 4.98 Å². The smallest absolute Gasteiger partial charge is 0.128 e. The number of methoxy groups -OCH3 is 1. The van der Waals surface area contributed by atoms with E-state index in [-0.39, 0.29) is 0 Å². The van der Waals surface area contributed by atoms with Crippen molar-refractivity contribution in [2.24, 2.45) is 17.6 Å². The van der Waals surface area contributed by atoms with Crippen molar-refractivity contribution in [1.29, 1.82) is 0 Å². The van der Waals surface area contributed by atoms with Gasteiger partial charge >= 0.3 is 0 Å². The molecular formula is C14H24N2O. The lowest BCUT2D eigenvalue weighted by Crippen LogP contribution is -2.20. The summed E-state index contributed by atoms with van der Waals surface area (Å²) in [5.74, 6) is 2.02. The molecule has 0 bridgehead atoms. The van der Waals surface area contributed by atoms with Gasteiger partial charge in [0.2, 0.25) is 0 Å². The number of nitrogens with zero attached hydrogens (tertiary/aromatic N) is 1. The van der Waals surface area contributed by atoms with Crippen LogP contribution in [0.15, 0.2) is 6.20 Å². The van der Waals surface area contributed by atoms with Crippen LogP contribution in [-0.4, -0.2) is 18.6 Å². The third-order valence-corrected chi connectivity index (χ3v) is 3.61. The molecule has 17 heavy (non-hydrogen) atoms. The molecule has 1 aromatic rings. The minimum Gasteiger partial charge on any atom is -0.496 e. The highest BCUT2D eigenvalue weighted by atomic mass is 16.5. The summed E-state index contributed by atoms with van der Waals surface area (Å²) in [4.78, 5) is 4.52. The van der Waals surface area contributed by atoms with E-state index in [2.05, 4.69) is 25.8 Å². The van der Waals surface area contributed by atoms with E-state index in [1.165, 1.54) is 0 Å². The van der Waals surface area contributed by atoms with Crippen LogP contribution in [0.1, 0.15) is 30.7 Å². The van der Waals surface area contributed by atoms with Crippen molar-refractivity contribution >= 4 is 0 Å². The number of rotatable bonds is 5. The van der Waals surface area contributed by atoms with E-state index >= 15 is 0 Å². The summed E-state index contributed by atoms with van der Waals surface area (Å²) in [5.41, 5.74) is 9.07. The lowest BCUT2D eigenvalue weighted by atomic mass is 9.90. The van der Waals surface area contributed by atoms with E-state index in [0.717, 1.165) is 35.5 Å². The fourth-order valence-corrected chi connectivity index (χ4v) is 2.02. The molecule has 0 aliphatic heterocycles. The second kappa shape index (κ2) is 6.01. The molecular weight excluding hydrogens is 212 g/mol. The Morgan fingerprint density at radius 1 is 1.29 bits per heavy atom. The summed E-state index contributed by atoms with van der Waals surface area (Å²) < 4.78 is 5.42. The summed E-state index contributed by atoms with van der Waals surface area (Å²) >= 11 is 0. The van der Waals surface area contributed by atoms with E-state index in [9.17, 15) is 0 Å². The third-order valence-electron chi connectivity index (χ3n) is 3.61.